The number of nitrogens with zero attached hydrogens (tertiary/aromatic N) is 4. The number of nitrogens with one attached hydrogen (secondary N) is 1. The molecule has 0 radical (unpaired) electrons. The van der Waals surface area contributed by atoms with Gasteiger partial charge in [0.15, 0.2) is 0 Å². The van der Waals surface area contributed by atoms with Crippen molar-refractivity contribution in [3.8, 4) is 23.8 Å². The first kappa shape index (κ1) is 17.8. The molecule has 0 bridgehead atoms. The lowest BCUT2D eigenvalue weighted by Crippen LogP contribution is -2.00. The molecule has 0 saturated carbocycles. The van der Waals surface area contributed by atoms with Crippen molar-refractivity contribution in [1.82, 2.24) is 9.97 Å². The largest absolute Gasteiger partial charge is 0.438 e. The van der Waals surface area contributed by atoms with Gasteiger partial charge in [-0.25, -0.2) is 9.37 Å². The molecule has 1 heterocycles. The Morgan fingerprint density at radius 3 is 2.41 bits per heavy atom. The highest BCUT2D eigenvalue weighted by atomic mass is 19.1. The molecule has 0 fully saturated rings. The average Bonchev–Trinajstić information content (AvgIpc) is 2.65. The number of hydrogen-bond donors (Lipinski definition) is 1. The van der Waals surface area contributed by atoms with Gasteiger partial charge in [-0.3, -0.25) is 0 Å². The number of anilines is 2. The number of aryl methyl sites for hydroxylation is 2. The van der Waals surface area contributed by atoms with Gasteiger partial charge in [0.2, 0.25) is 11.8 Å². The van der Waals surface area contributed by atoms with Gasteiger partial charge < -0.3 is 10.1 Å². The zero-order valence-electron chi connectivity index (χ0n) is 14.6. The summed E-state index contributed by atoms with van der Waals surface area (Å²) in [6, 6.07) is 13.1. The Balaban J connectivity index is 1.84. The minimum absolute atomic E-state index is 0.0367. The van der Waals surface area contributed by atoms with Gasteiger partial charge in [-0.2, -0.15) is 15.5 Å². The first-order chi connectivity index (χ1) is 13.0. The van der Waals surface area contributed by atoms with E-state index in [-0.39, 0.29) is 11.5 Å². The maximum Gasteiger partial charge on any atom is 0.230 e. The molecule has 0 spiro atoms. The van der Waals surface area contributed by atoms with E-state index >= 15 is 0 Å². The van der Waals surface area contributed by atoms with Crippen LogP contribution in [0.2, 0.25) is 0 Å². The Bertz CT molecular complexity index is 1080. The van der Waals surface area contributed by atoms with Gasteiger partial charge in [-0.05, 0) is 55.3 Å². The highest BCUT2D eigenvalue weighted by Crippen LogP contribution is 2.29. The van der Waals surface area contributed by atoms with E-state index in [9.17, 15) is 4.39 Å². The van der Waals surface area contributed by atoms with E-state index < -0.39 is 5.82 Å². The molecular weight excluding hydrogens is 345 g/mol. The van der Waals surface area contributed by atoms with E-state index in [1.807, 2.05) is 13.8 Å². The standard InChI is InChI=1S/C20H14FN5O/c1-12-7-14(10-22)8-13(2)19(12)27-18-5-6-24-20(26-18)25-16-4-3-15(11-23)17(21)9-16/h3-9H,1-2H3,(H,24,25,26). The van der Waals surface area contributed by atoms with Crippen molar-refractivity contribution in [2.24, 2.45) is 0 Å². The normalized spacial score (nSPS) is 9.96. The molecule has 0 unspecified atom stereocenters. The minimum Gasteiger partial charge on any atom is -0.438 e. The number of aromatic nitrogens is 2. The predicted octanol–water partition coefficient (Wildman–Crippen LogP) is 4.51. The van der Waals surface area contributed by atoms with E-state index in [0.29, 0.717) is 22.9 Å². The molecule has 0 saturated heterocycles. The summed E-state index contributed by atoms with van der Waals surface area (Å²) >= 11 is 0. The first-order valence-corrected chi connectivity index (χ1v) is 7.99. The van der Waals surface area contributed by atoms with Crippen LogP contribution in [0.4, 0.5) is 16.0 Å². The van der Waals surface area contributed by atoms with E-state index in [2.05, 4.69) is 21.4 Å². The third-order valence-electron chi connectivity index (χ3n) is 3.77. The lowest BCUT2D eigenvalue weighted by atomic mass is 10.1. The Labute approximate surface area is 155 Å². The van der Waals surface area contributed by atoms with Crippen molar-refractivity contribution in [3.05, 3.63) is 70.7 Å². The van der Waals surface area contributed by atoms with Gasteiger partial charge in [-0.15, -0.1) is 0 Å². The van der Waals surface area contributed by atoms with Crippen LogP contribution in [-0.4, -0.2) is 9.97 Å². The Hall–Kier alpha value is -3.97. The Kier molecular flexibility index (Phi) is 4.96. The molecular formula is C20H14FN5O. The molecule has 3 aromatic rings. The number of benzene rings is 2. The summed E-state index contributed by atoms with van der Waals surface area (Å²) in [7, 11) is 0. The van der Waals surface area contributed by atoms with Crippen LogP contribution in [0.1, 0.15) is 22.3 Å². The van der Waals surface area contributed by atoms with Crippen LogP contribution < -0.4 is 10.1 Å². The minimum atomic E-state index is -0.626. The number of ether oxygens (including phenoxy) is 1. The third kappa shape index (κ3) is 4.00. The van der Waals surface area contributed by atoms with E-state index in [0.717, 1.165) is 11.1 Å². The predicted molar refractivity (Wildman–Crippen MR) is 97.1 cm³/mol. The van der Waals surface area contributed by atoms with Gasteiger partial charge in [0.1, 0.15) is 17.6 Å². The van der Waals surface area contributed by atoms with Crippen LogP contribution in [0.25, 0.3) is 0 Å². The fraction of sp³-hybridized carbons (Fsp3) is 0.100. The number of rotatable bonds is 4. The second kappa shape index (κ2) is 7.51. The molecule has 0 amide bonds. The van der Waals surface area contributed by atoms with Crippen LogP contribution in [0.3, 0.4) is 0 Å². The zero-order valence-corrected chi connectivity index (χ0v) is 14.6. The summed E-state index contributed by atoms with van der Waals surface area (Å²) in [5.41, 5.74) is 2.56. The second-order valence-corrected chi connectivity index (χ2v) is 5.80. The zero-order chi connectivity index (χ0) is 19.4. The molecule has 0 aliphatic rings. The summed E-state index contributed by atoms with van der Waals surface area (Å²) in [5, 5.41) is 20.7. The van der Waals surface area contributed by atoms with Gasteiger partial charge in [0, 0.05) is 18.0 Å². The van der Waals surface area contributed by atoms with Crippen LogP contribution in [-0.2, 0) is 0 Å². The Morgan fingerprint density at radius 1 is 1.04 bits per heavy atom. The number of halogens is 1. The van der Waals surface area contributed by atoms with E-state index in [1.54, 1.807) is 30.3 Å². The summed E-state index contributed by atoms with van der Waals surface area (Å²) in [5.74, 6) is 0.514. The van der Waals surface area contributed by atoms with Crippen molar-refractivity contribution >= 4 is 11.6 Å². The van der Waals surface area contributed by atoms with Gasteiger partial charge in [0.25, 0.3) is 0 Å². The number of hydrogen-bond acceptors (Lipinski definition) is 6. The fourth-order valence-corrected chi connectivity index (χ4v) is 2.55. The van der Waals surface area contributed by atoms with Crippen LogP contribution in [0.5, 0.6) is 11.6 Å². The van der Waals surface area contributed by atoms with Gasteiger partial charge >= 0.3 is 0 Å². The third-order valence-corrected chi connectivity index (χ3v) is 3.77. The number of nitriles is 2. The highest BCUT2D eigenvalue weighted by molar-refractivity contribution is 5.56. The SMILES string of the molecule is Cc1cc(C#N)cc(C)c1Oc1ccnc(Nc2ccc(C#N)c(F)c2)n1. The molecule has 7 heteroatoms. The van der Waals surface area contributed by atoms with E-state index in [1.165, 1.54) is 18.3 Å². The molecule has 2 aromatic carbocycles. The maximum atomic E-state index is 13.7. The lowest BCUT2D eigenvalue weighted by molar-refractivity contribution is 0.455. The van der Waals surface area contributed by atoms with Crippen molar-refractivity contribution in [2.45, 2.75) is 13.8 Å². The monoisotopic (exact) mass is 359 g/mol. The lowest BCUT2D eigenvalue weighted by Gasteiger charge is -2.12. The maximum absolute atomic E-state index is 13.7. The van der Waals surface area contributed by atoms with Gasteiger partial charge in [-0.1, -0.05) is 0 Å². The van der Waals surface area contributed by atoms with Crippen molar-refractivity contribution in [1.29, 1.82) is 10.5 Å². The van der Waals surface area contributed by atoms with E-state index in [4.69, 9.17) is 15.3 Å². The quantitative estimate of drug-likeness (QED) is 0.736. The molecule has 0 aliphatic carbocycles. The van der Waals surface area contributed by atoms with Crippen LogP contribution in [0.15, 0.2) is 42.6 Å². The van der Waals surface area contributed by atoms with Crippen LogP contribution in [0, 0.1) is 42.3 Å². The topological polar surface area (TPSA) is 94.6 Å². The first-order valence-electron chi connectivity index (χ1n) is 7.99. The summed E-state index contributed by atoms with van der Waals surface area (Å²) in [6.45, 7) is 3.70. The summed E-state index contributed by atoms with van der Waals surface area (Å²) < 4.78 is 19.6. The van der Waals surface area contributed by atoms with Gasteiger partial charge in [0.05, 0.1) is 17.2 Å². The molecule has 6 nitrogen and oxygen atoms in total. The van der Waals surface area contributed by atoms with Crippen molar-refractivity contribution in [2.75, 3.05) is 5.32 Å². The highest BCUT2D eigenvalue weighted by Gasteiger charge is 2.10. The van der Waals surface area contributed by atoms with Crippen molar-refractivity contribution < 1.29 is 9.13 Å². The molecule has 0 aliphatic heterocycles. The molecule has 3 rings (SSSR count). The molecule has 132 valence electrons. The fourth-order valence-electron chi connectivity index (χ4n) is 2.55. The molecule has 0 atom stereocenters. The Morgan fingerprint density at radius 2 is 1.78 bits per heavy atom. The van der Waals surface area contributed by atoms with Crippen LogP contribution >= 0.6 is 0 Å². The smallest absolute Gasteiger partial charge is 0.230 e. The summed E-state index contributed by atoms with van der Waals surface area (Å²) in [6.07, 6.45) is 1.51. The molecule has 1 aromatic heterocycles. The molecule has 27 heavy (non-hydrogen) atoms. The molecule has 1 N–H and O–H groups in total. The van der Waals surface area contributed by atoms with Crippen molar-refractivity contribution in [3.63, 3.8) is 0 Å². The second-order valence-electron chi connectivity index (χ2n) is 5.80. The summed E-state index contributed by atoms with van der Waals surface area (Å²) in [4.78, 5) is 8.35. The average molecular weight is 359 g/mol.